The van der Waals surface area contributed by atoms with Crippen molar-refractivity contribution in [2.75, 3.05) is 13.2 Å². The highest BCUT2D eigenvalue weighted by Gasteiger charge is 2.20. The summed E-state index contributed by atoms with van der Waals surface area (Å²) in [6.07, 6.45) is 0. The van der Waals surface area contributed by atoms with Gasteiger partial charge in [-0.2, -0.15) is 0 Å². The average Bonchev–Trinajstić information content (AvgIpc) is 2.23. The van der Waals surface area contributed by atoms with Crippen molar-refractivity contribution in [3.05, 3.63) is 16.7 Å². The maximum Gasteiger partial charge on any atom is 0.183 e. The summed E-state index contributed by atoms with van der Waals surface area (Å²) in [6, 6.07) is 1.65. The van der Waals surface area contributed by atoms with Gasteiger partial charge in [0.2, 0.25) is 0 Å². The lowest BCUT2D eigenvalue weighted by molar-refractivity contribution is 0.171. The van der Waals surface area contributed by atoms with E-state index >= 15 is 0 Å². The van der Waals surface area contributed by atoms with Crippen LogP contribution < -0.4 is 15.2 Å². The lowest BCUT2D eigenvalue weighted by atomic mass is 10.1. The van der Waals surface area contributed by atoms with Gasteiger partial charge in [-0.05, 0) is 6.07 Å². The van der Waals surface area contributed by atoms with Gasteiger partial charge in [-0.25, -0.2) is 0 Å². The van der Waals surface area contributed by atoms with E-state index in [0.717, 1.165) is 0 Å². The zero-order valence-corrected chi connectivity index (χ0v) is 8.17. The highest BCUT2D eigenvalue weighted by Crippen LogP contribution is 2.44. The van der Waals surface area contributed by atoms with Gasteiger partial charge in [0.05, 0.1) is 0 Å². The molecule has 14 heavy (non-hydrogen) atoms. The molecule has 5 heteroatoms. The molecule has 0 bridgehead atoms. The van der Waals surface area contributed by atoms with Crippen LogP contribution in [0.3, 0.4) is 0 Å². The number of rotatable bonds is 1. The third-order valence-electron chi connectivity index (χ3n) is 2.05. The number of hydrogen-bond donors (Lipinski definition) is 2. The quantitative estimate of drug-likeness (QED) is 0.741. The van der Waals surface area contributed by atoms with Gasteiger partial charge in [0, 0.05) is 12.1 Å². The fraction of sp³-hybridized carbons (Fsp3) is 0.333. The molecule has 0 aliphatic carbocycles. The molecule has 0 amide bonds. The number of halogens is 1. The van der Waals surface area contributed by atoms with Crippen molar-refractivity contribution in [2.24, 2.45) is 5.73 Å². The summed E-state index contributed by atoms with van der Waals surface area (Å²) < 4.78 is 10.6. The maximum absolute atomic E-state index is 9.61. The Bertz CT molecular complexity index is 368. The second kappa shape index (κ2) is 3.55. The lowest BCUT2D eigenvalue weighted by Gasteiger charge is -2.20. The first-order valence-electron chi connectivity index (χ1n) is 4.24. The van der Waals surface area contributed by atoms with Crippen molar-refractivity contribution < 1.29 is 14.6 Å². The van der Waals surface area contributed by atoms with Gasteiger partial charge in [0.1, 0.15) is 24.0 Å². The van der Waals surface area contributed by atoms with Crippen molar-refractivity contribution in [1.29, 1.82) is 0 Å². The molecule has 1 aliphatic rings. The predicted molar refractivity (Wildman–Crippen MR) is 52.0 cm³/mol. The first kappa shape index (κ1) is 9.43. The van der Waals surface area contributed by atoms with Crippen molar-refractivity contribution in [3.63, 3.8) is 0 Å². The third kappa shape index (κ3) is 1.36. The van der Waals surface area contributed by atoms with Crippen LogP contribution >= 0.6 is 11.6 Å². The fourth-order valence-electron chi connectivity index (χ4n) is 1.34. The molecule has 0 atom stereocenters. The van der Waals surface area contributed by atoms with E-state index < -0.39 is 0 Å². The molecule has 76 valence electrons. The summed E-state index contributed by atoms with van der Waals surface area (Å²) in [7, 11) is 0. The zero-order valence-electron chi connectivity index (χ0n) is 7.42. The number of ether oxygens (including phenoxy) is 2. The molecular formula is C9H10ClNO3. The molecule has 0 saturated carbocycles. The summed E-state index contributed by atoms with van der Waals surface area (Å²) in [4.78, 5) is 0. The summed E-state index contributed by atoms with van der Waals surface area (Å²) >= 11 is 5.88. The zero-order chi connectivity index (χ0) is 10.1. The van der Waals surface area contributed by atoms with Crippen LogP contribution in [-0.2, 0) is 6.54 Å². The molecule has 0 aromatic heterocycles. The monoisotopic (exact) mass is 215 g/mol. The molecule has 0 spiro atoms. The Balaban J connectivity index is 2.57. The summed E-state index contributed by atoms with van der Waals surface area (Å²) in [5.41, 5.74) is 5.99. The normalized spacial score (nSPS) is 14.1. The second-order valence-electron chi connectivity index (χ2n) is 2.93. The number of fused-ring (bicyclic) bond motifs is 1. The molecular weight excluding hydrogens is 206 g/mol. The molecule has 1 heterocycles. The van der Waals surface area contributed by atoms with Crippen molar-refractivity contribution in [1.82, 2.24) is 0 Å². The minimum absolute atomic E-state index is 0.0292. The first-order chi connectivity index (χ1) is 6.74. The highest BCUT2D eigenvalue weighted by molar-refractivity contribution is 6.33. The van der Waals surface area contributed by atoms with E-state index in [1.165, 1.54) is 0 Å². The van der Waals surface area contributed by atoms with Crippen molar-refractivity contribution >= 4 is 11.6 Å². The third-order valence-corrected chi connectivity index (χ3v) is 2.40. The molecule has 0 saturated heterocycles. The number of phenols is 1. The number of aromatic hydroxyl groups is 1. The molecule has 1 aromatic carbocycles. The van der Waals surface area contributed by atoms with Crippen molar-refractivity contribution in [2.45, 2.75) is 6.54 Å². The number of nitrogens with two attached hydrogens (primary N) is 1. The van der Waals surface area contributed by atoms with Crippen LogP contribution in [0.4, 0.5) is 0 Å². The van der Waals surface area contributed by atoms with E-state index in [0.29, 0.717) is 30.3 Å². The van der Waals surface area contributed by atoms with Crippen LogP contribution in [-0.4, -0.2) is 18.3 Å². The smallest absolute Gasteiger partial charge is 0.183 e. The standard InChI is InChI=1S/C9H10ClNO3/c10-7-8(12)5(4-11)3-6-9(7)14-2-1-13-6/h3,12H,1-2,4,11H2. The molecule has 0 radical (unpaired) electrons. The predicted octanol–water partition coefficient (Wildman–Crippen LogP) is 1.28. The summed E-state index contributed by atoms with van der Waals surface area (Å²) in [6.45, 7) is 1.13. The van der Waals surface area contributed by atoms with Gasteiger partial charge in [0.15, 0.2) is 11.5 Å². The van der Waals surface area contributed by atoms with Crippen molar-refractivity contribution in [3.8, 4) is 17.2 Å². The van der Waals surface area contributed by atoms with Gasteiger partial charge < -0.3 is 20.3 Å². The molecule has 0 unspecified atom stereocenters. The van der Waals surface area contributed by atoms with Crippen LogP contribution in [0.15, 0.2) is 6.07 Å². The van der Waals surface area contributed by atoms with E-state index in [2.05, 4.69) is 0 Å². The first-order valence-corrected chi connectivity index (χ1v) is 4.62. The second-order valence-corrected chi connectivity index (χ2v) is 3.30. The van der Waals surface area contributed by atoms with Gasteiger partial charge in [-0.3, -0.25) is 0 Å². The Morgan fingerprint density at radius 3 is 2.86 bits per heavy atom. The van der Waals surface area contributed by atoms with Crippen LogP contribution in [0, 0.1) is 0 Å². The fourth-order valence-corrected chi connectivity index (χ4v) is 1.61. The minimum atomic E-state index is -0.0292. The molecule has 4 nitrogen and oxygen atoms in total. The SMILES string of the molecule is NCc1cc2c(c(Cl)c1O)OCCO2. The van der Waals surface area contributed by atoms with Crippen LogP contribution in [0.1, 0.15) is 5.56 Å². The van der Waals surface area contributed by atoms with Crippen LogP contribution in [0.5, 0.6) is 17.2 Å². The number of benzene rings is 1. The largest absolute Gasteiger partial charge is 0.506 e. The van der Waals surface area contributed by atoms with Crippen LogP contribution in [0.25, 0.3) is 0 Å². The Morgan fingerprint density at radius 1 is 1.43 bits per heavy atom. The highest BCUT2D eigenvalue weighted by atomic mass is 35.5. The summed E-state index contributed by atoms with van der Waals surface area (Å²) in [5, 5.41) is 9.78. The lowest BCUT2D eigenvalue weighted by Crippen LogP contribution is -2.16. The van der Waals surface area contributed by atoms with Gasteiger partial charge in [0.25, 0.3) is 0 Å². The summed E-state index contributed by atoms with van der Waals surface area (Å²) in [5.74, 6) is 0.908. The van der Waals surface area contributed by atoms with Crippen LogP contribution in [0.2, 0.25) is 5.02 Å². The van der Waals surface area contributed by atoms with Gasteiger partial charge in [-0.15, -0.1) is 0 Å². The van der Waals surface area contributed by atoms with Gasteiger partial charge >= 0.3 is 0 Å². The maximum atomic E-state index is 9.61. The Labute approximate surface area is 86.2 Å². The number of phenolic OH excluding ortho intramolecular Hbond substituents is 1. The number of hydrogen-bond acceptors (Lipinski definition) is 4. The van der Waals surface area contributed by atoms with E-state index in [-0.39, 0.29) is 17.3 Å². The van der Waals surface area contributed by atoms with E-state index in [4.69, 9.17) is 26.8 Å². The molecule has 1 aliphatic heterocycles. The Hall–Kier alpha value is -1.13. The Morgan fingerprint density at radius 2 is 2.14 bits per heavy atom. The molecule has 3 N–H and O–H groups in total. The molecule has 0 fully saturated rings. The average molecular weight is 216 g/mol. The van der Waals surface area contributed by atoms with E-state index in [1.807, 2.05) is 0 Å². The topological polar surface area (TPSA) is 64.7 Å². The van der Waals surface area contributed by atoms with E-state index in [9.17, 15) is 5.11 Å². The van der Waals surface area contributed by atoms with E-state index in [1.54, 1.807) is 6.07 Å². The Kier molecular flexibility index (Phi) is 2.39. The minimum Gasteiger partial charge on any atom is -0.506 e. The molecule has 1 aromatic rings. The van der Waals surface area contributed by atoms with Gasteiger partial charge in [-0.1, -0.05) is 11.6 Å². The molecule has 2 rings (SSSR count).